The van der Waals surface area contributed by atoms with Crippen LogP contribution in [0.4, 0.5) is 11.4 Å². The van der Waals surface area contributed by atoms with E-state index in [0.717, 1.165) is 0 Å². The van der Waals surface area contributed by atoms with Gasteiger partial charge in [0.2, 0.25) is 5.91 Å². The van der Waals surface area contributed by atoms with Gasteiger partial charge in [-0.15, -0.1) is 10.2 Å². The van der Waals surface area contributed by atoms with Crippen LogP contribution in [0.1, 0.15) is 0 Å². The number of rotatable bonds is 6. The molecule has 0 spiro atoms. The van der Waals surface area contributed by atoms with Crippen LogP contribution in [0.25, 0.3) is 11.6 Å². The van der Waals surface area contributed by atoms with E-state index >= 15 is 0 Å². The monoisotopic (exact) mass is 393 g/mol. The van der Waals surface area contributed by atoms with Crippen LogP contribution in [0.2, 0.25) is 5.02 Å². The predicted octanol–water partition coefficient (Wildman–Crippen LogP) is 3.37. The number of furan rings is 1. The molecule has 1 amide bonds. The Morgan fingerprint density at radius 3 is 2.88 bits per heavy atom. The third-order valence-electron chi connectivity index (χ3n) is 3.35. The number of hydrogen-bond donors (Lipinski definition) is 1. The van der Waals surface area contributed by atoms with Gasteiger partial charge in [0.15, 0.2) is 16.7 Å². The number of nitro groups is 1. The molecule has 0 bridgehead atoms. The molecule has 3 rings (SSSR count). The molecule has 0 unspecified atom stereocenters. The van der Waals surface area contributed by atoms with Crippen LogP contribution in [0.5, 0.6) is 0 Å². The molecular formula is C15H12ClN5O4S. The molecule has 0 radical (unpaired) electrons. The number of benzene rings is 1. The van der Waals surface area contributed by atoms with E-state index in [1.54, 1.807) is 23.7 Å². The van der Waals surface area contributed by atoms with Crippen molar-refractivity contribution >= 4 is 40.6 Å². The number of hydrogen-bond acceptors (Lipinski definition) is 7. The minimum Gasteiger partial charge on any atom is -0.461 e. The van der Waals surface area contributed by atoms with Crippen LogP contribution in [0, 0.1) is 10.1 Å². The maximum Gasteiger partial charge on any atom is 0.271 e. The molecule has 2 aromatic heterocycles. The summed E-state index contributed by atoms with van der Waals surface area (Å²) in [7, 11) is 1.77. The molecule has 0 aliphatic heterocycles. The molecule has 3 aromatic rings. The second kappa shape index (κ2) is 7.58. The van der Waals surface area contributed by atoms with Gasteiger partial charge in [-0.1, -0.05) is 23.4 Å². The largest absolute Gasteiger partial charge is 0.461 e. The van der Waals surface area contributed by atoms with Crippen LogP contribution in [0.15, 0.2) is 46.2 Å². The topological polar surface area (TPSA) is 116 Å². The molecule has 0 fully saturated rings. The van der Waals surface area contributed by atoms with Crippen molar-refractivity contribution < 1.29 is 14.1 Å². The zero-order chi connectivity index (χ0) is 18.7. The Bertz CT molecular complexity index is 957. The number of aromatic nitrogens is 3. The number of nitrogens with one attached hydrogen (secondary N) is 1. The van der Waals surface area contributed by atoms with Gasteiger partial charge in [0.25, 0.3) is 5.69 Å². The Morgan fingerprint density at radius 2 is 2.23 bits per heavy atom. The molecule has 26 heavy (non-hydrogen) atoms. The fourth-order valence-corrected chi connectivity index (χ4v) is 3.03. The van der Waals surface area contributed by atoms with E-state index in [4.69, 9.17) is 16.0 Å². The maximum absolute atomic E-state index is 12.1. The average Bonchev–Trinajstić information content (AvgIpc) is 3.24. The summed E-state index contributed by atoms with van der Waals surface area (Å²) in [5, 5.41) is 22.0. The first-order valence-electron chi connectivity index (χ1n) is 7.25. The highest BCUT2D eigenvalue weighted by molar-refractivity contribution is 7.99. The molecule has 9 nitrogen and oxygen atoms in total. The quantitative estimate of drug-likeness (QED) is 0.387. The van der Waals surface area contributed by atoms with E-state index in [1.165, 1.54) is 36.2 Å². The summed E-state index contributed by atoms with van der Waals surface area (Å²) in [5.41, 5.74) is 0.157. The minimum atomic E-state index is -0.558. The van der Waals surface area contributed by atoms with Crippen LogP contribution in [-0.2, 0) is 11.8 Å². The number of amides is 1. The van der Waals surface area contributed by atoms with E-state index in [1.807, 2.05) is 0 Å². The first kappa shape index (κ1) is 18.0. The molecule has 134 valence electrons. The van der Waals surface area contributed by atoms with Gasteiger partial charge in [-0.3, -0.25) is 14.9 Å². The average molecular weight is 394 g/mol. The first-order chi connectivity index (χ1) is 12.5. The van der Waals surface area contributed by atoms with Crippen molar-refractivity contribution in [2.24, 2.45) is 7.05 Å². The van der Waals surface area contributed by atoms with Crippen molar-refractivity contribution in [1.29, 1.82) is 0 Å². The highest BCUT2D eigenvalue weighted by Gasteiger charge is 2.16. The van der Waals surface area contributed by atoms with Crippen LogP contribution in [0.3, 0.4) is 0 Å². The summed E-state index contributed by atoms with van der Waals surface area (Å²) in [5.74, 6) is 0.871. The highest BCUT2D eigenvalue weighted by atomic mass is 35.5. The summed E-state index contributed by atoms with van der Waals surface area (Å²) < 4.78 is 7.00. The predicted molar refractivity (Wildman–Crippen MR) is 96.2 cm³/mol. The zero-order valence-electron chi connectivity index (χ0n) is 13.4. The van der Waals surface area contributed by atoms with Gasteiger partial charge in [0.1, 0.15) is 0 Å². The van der Waals surface area contributed by atoms with Gasteiger partial charge in [0.05, 0.1) is 27.6 Å². The van der Waals surface area contributed by atoms with Crippen molar-refractivity contribution in [3.8, 4) is 11.6 Å². The van der Waals surface area contributed by atoms with Gasteiger partial charge >= 0.3 is 0 Å². The minimum absolute atomic E-state index is 0.0669. The molecule has 0 saturated heterocycles. The summed E-state index contributed by atoms with van der Waals surface area (Å²) in [4.78, 5) is 22.2. The Hall–Kier alpha value is -2.85. The van der Waals surface area contributed by atoms with Crippen molar-refractivity contribution in [3.05, 3.63) is 51.7 Å². The fraction of sp³-hybridized carbons (Fsp3) is 0.133. The van der Waals surface area contributed by atoms with Crippen molar-refractivity contribution in [2.45, 2.75) is 5.16 Å². The fourth-order valence-electron chi connectivity index (χ4n) is 2.10. The number of carbonyl (C=O) groups is 1. The first-order valence-corrected chi connectivity index (χ1v) is 8.62. The molecule has 0 aliphatic rings. The summed E-state index contributed by atoms with van der Waals surface area (Å²) in [6.07, 6.45) is 1.54. The van der Waals surface area contributed by atoms with Crippen molar-refractivity contribution in [1.82, 2.24) is 14.8 Å². The van der Waals surface area contributed by atoms with E-state index in [9.17, 15) is 14.9 Å². The number of carbonyl (C=O) groups excluding carboxylic acids is 1. The van der Waals surface area contributed by atoms with E-state index < -0.39 is 4.92 Å². The number of nitrogens with zero attached hydrogens (tertiary/aromatic N) is 4. The maximum atomic E-state index is 12.1. The third kappa shape index (κ3) is 3.86. The molecule has 1 aromatic carbocycles. The lowest BCUT2D eigenvalue weighted by Gasteiger charge is -2.07. The molecule has 11 heteroatoms. The Morgan fingerprint density at radius 1 is 1.42 bits per heavy atom. The third-order valence-corrected chi connectivity index (χ3v) is 4.68. The van der Waals surface area contributed by atoms with Gasteiger partial charge < -0.3 is 14.3 Å². The molecule has 1 N–H and O–H groups in total. The lowest BCUT2D eigenvalue weighted by atomic mass is 10.3. The molecule has 0 saturated carbocycles. The van der Waals surface area contributed by atoms with Crippen molar-refractivity contribution in [2.75, 3.05) is 11.1 Å². The molecule has 0 atom stereocenters. The van der Waals surface area contributed by atoms with Crippen LogP contribution < -0.4 is 5.32 Å². The second-order valence-corrected chi connectivity index (χ2v) is 6.45. The number of anilines is 1. The normalized spacial score (nSPS) is 10.7. The Labute approximate surface area is 156 Å². The lowest BCUT2D eigenvalue weighted by molar-refractivity contribution is -0.384. The Kier molecular flexibility index (Phi) is 5.24. The van der Waals surface area contributed by atoms with Crippen LogP contribution in [-0.4, -0.2) is 31.3 Å². The SMILES string of the molecule is Cn1c(SCC(=O)Nc2ccc([N+](=O)[O-])cc2Cl)nnc1-c1ccco1. The Balaban J connectivity index is 1.62. The number of nitro benzene ring substituents is 1. The molecule has 0 aliphatic carbocycles. The number of thioether (sulfide) groups is 1. The summed E-state index contributed by atoms with van der Waals surface area (Å²) in [6.45, 7) is 0. The zero-order valence-corrected chi connectivity index (χ0v) is 15.0. The number of non-ortho nitro benzene ring substituents is 1. The van der Waals surface area contributed by atoms with E-state index in [-0.39, 0.29) is 22.4 Å². The number of halogens is 1. The summed E-state index contributed by atoms with van der Waals surface area (Å²) in [6, 6.07) is 7.36. The van der Waals surface area contributed by atoms with E-state index in [2.05, 4.69) is 15.5 Å². The van der Waals surface area contributed by atoms with Gasteiger partial charge in [-0.25, -0.2) is 0 Å². The standard InChI is InChI=1S/C15H12ClN5O4S/c1-20-14(12-3-2-6-25-12)18-19-15(20)26-8-13(22)17-11-5-4-9(21(23)24)7-10(11)16/h2-7H,8H2,1H3,(H,17,22). The highest BCUT2D eigenvalue weighted by Crippen LogP contribution is 2.27. The lowest BCUT2D eigenvalue weighted by Crippen LogP contribution is -2.14. The van der Waals surface area contributed by atoms with E-state index in [0.29, 0.717) is 22.4 Å². The van der Waals surface area contributed by atoms with Crippen LogP contribution >= 0.6 is 23.4 Å². The second-order valence-electron chi connectivity index (χ2n) is 5.10. The summed E-state index contributed by atoms with van der Waals surface area (Å²) >= 11 is 7.15. The molecule has 2 heterocycles. The van der Waals surface area contributed by atoms with Crippen molar-refractivity contribution in [3.63, 3.8) is 0 Å². The smallest absolute Gasteiger partial charge is 0.271 e. The van der Waals surface area contributed by atoms with Gasteiger partial charge in [-0.05, 0) is 18.2 Å². The van der Waals surface area contributed by atoms with Gasteiger partial charge in [-0.2, -0.15) is 0 Å². The molecular weight excluding hydrogens is 382 g/mol. The van der Waals surface area contributed by atoms with Gasteiger partial charge in [0, 0.05) is 19.2 Å².